The van der Waals surface area contributed by atoms with Gasteiger partial charge >= 0.3 is 0 Å². The summed E-state index contributed by atoms with van der Waals surface area (Å²) in [4.78, 5) is 0. The van der Waals surface area contributed by atoms with Crippen molar-refractivity contribution in [1.29, 1.82) is 0 Å². The monoisotopic (exact) mass is 155 g/mol. The number of rotatable bonds is 1. The fraction of sp³-hybridized carbons (Fsp3) is 0.778. The van der Waals surface area contributed by atoms with Gasteiger partial charge in [-0.25, -0.2) is 0 Å². The van der Waals surface area contributed by atoms with Crippen LogP contribution in [0.15, 0.2) is 11.8 Å². The smallest absolute Gasteiger partial charge is 0.0832 e. The van der Waals surface area contributed by atoms with E-state index in [2.05, 4.69) is 19.2 Å². The first-order valence-electron chi connectivity index (χ1n) is 4.18. The molecule has 1 aliphatic rings. The second-order valence-corrected chi connectivity index (χ2v) is 3.33. The molecular weight excluding hydrogens is 138 g/mol. The molecule has 1 N–H and O–H groups in total. The molecule has 2 heteroatoms. The van der Waals surface area contributed by atoms with Crippen molar-refractivity contribution < 1.29 is 4.74 Å². The predicted molar refractivity (Wildman–Crippen MR) is 46.3 cm³/mol. The lowest BCUT2D eigenvalue weighted by Crippen LogP contribution is -2.35. The van der Waals surface area contributed by atoms with Gasteiger partial charge in [0, 0.05) is 6.54 Å². The van der Waals surface area contributed by atoms with Gasteiger partial charge in [-0.3, -0.25) is 0 Å². The molecule has 0 aromatic heterocycles. The number of hydrogen-bond acceptors (Lipinski definition) is 2. The van der Waals surface area contributed by atoms with Crippen molar-refractivity contribution in [2.75, 3.05) is 20.2 Å². The summed E-state index contributed by atoms with van der Waals surface area (Å²) in [5.41, 5.74) is 1.38. The highest BCUT2D eigenvalue weighted by atomic mass is 16.5. The van der Waals surface area contributed by atoms with Crippen LogP contribution in [0, 0.1) is 11.8 Å². The lowest BCUT2D eigenvalue weighted by Gasteiger charge is -2.28. The highest BCUT2D eigenvalue weighted by Gasteiger charge is 2.20. The van der Waals surface area contributed by atoms with Crippen LogP contribution in [-0.2, 0) is 4.74 Å². The fourth-order valence-corrected chi connectivity index (χ4v) is 1.45. The van der Waals surface area contributed by atoms with Crippen LogP contribution in [0.1, 0.15) is 13.8 Å². The highest BCUT2D eigenvalue weighted by Crippen LogP contribution is 2.22. The quantitative estimate of drug-likeness (QED) is 0.578. The lowest BCUT2D eigenvalue weighted by atomic mass is 9.86. The Bertz CT molecular complexity index is 154. The molecule has 0 amide bonds. The summed E-state index contributed by atoms with van der Waals surface area (Å²) in [6.07, 6.45) is 1.87. The van der Waals surface area contributed by atoms with Crippen molar-refractivity contribution in [3.63, 3.8) is 0 Å². The van der Waals surface area contributed by atoms with Gasteiger partial charge in [0.15, 0.2) is 0 Å². The van der Waals surface area contributed by atoms with Gasteiger partial charge in [0.05, 0.1) is 13.4 Å². The Labute approximate surface area is 68.6 Å². The van der Waals surface area contributed by atoms with Gasteiger partial charge in [-0.1, -0.05) is 13.8 Å². The zero-order valence-corrected chi connectivity index (χ0v) is 7.55. The summed E-state index contributed by atoms with van der Waals surface area (Å²) in [6, 6.07) is 0. The summed E-state index contributed by atoms with van der Waals surface area (Å²) in [7, 11) is 1.71. The average molecular weight is 155 g/mol. The molecule has 0 radical (unpaired) electrons. The van der Waals surface area contributed by atoms with Gasteiger partial charge in [0.25, 0.3) is 0 Å². The van der Waals surface area contributed by atoms with Crippen LogP contribution in [0.4, 0.5) is 0 Å². The van der Waals surface area contributed by atoms with Gasteiger partial charge in [-0.15, -0.1) is 0 Å². The number of hydrogen-bond donors (Lipinski definition) is 1. The molecule has 1 fully saturated rings. The number of nitrogens with one attached hydrogen (secondary N) is 1. The lowest BCUT2D eigenvalue weighted by molar-refractivity contribution is 0.304. The van der Waals surface area contributed by atoms with E-state index >= 15 is 0 Å². The molecule has 0 aromatic carbocycles. The summed E-state index contributed by atoms with van der Waals surface area (Å²) in [6.45, 7) is 6.64. The van der Waals surface area contributed by atoms with E-state index in [4.69, 9.17) is 4.74 Å². The van der Waals surface area contributed by atoms with Crippen LogP contribution < -0.4 is 5.32 Å². The maximum atomic E-state index is 5.00. The first kappa shape index (κ1) is 8.60. The molecule has 2 nitrogen and oxygen atoms in total. The minimum Gasteiger partial charge on any atom is -0.504 e. The Kier molecular flexibility index (Phi) is 2.94. The molecule has 0 aliphatic carbocycles. The van der Waals surface area contributed by atoms with E-state index in [1.165, 1.54) is 5.57 Å². The molecule has 0 aromatic rings. The zero-order chi connectivity index (χ0) is 8.27. The molecule has 0 bridgehead atoms. The summed E-state index contributed by atoms with van der Waals surface area (Å²) >= 11 is 0. The Hall–Kier alpha value is -0.500. The average Bonchev–Trinajstić information content (AvgIpc) is 1.99. The van der Waals surface area contributed by atoms with Crippen LogP contribution >= 0.6 is 0 Å². The van der Waals surface area contributed by atoms with Crippen LogP contribution in [0.3, 0.4) is 0 Å². The second kappa shape index (κ2) is 3.77. The fourth-order valence-electron chi connectivity index (χ4n) is 1.45. The molecule has 2 atom stereocenters. The van der Waals surface area contributed by atoms with E-state index in [-0.39, 0.29) is 0 Å². The Morgan fingerprint density at radius 2 is 2.27 bits per heavy atom. The number of piperidine rings is 1. The van der Waals surface area contributed by atoms with Gasteiger partial charge in [0.2, 0.25) is 0 Å². The third-order valence-electron chi connectivity index (χ3n) is 2.50. The third-order valence-corrected chi connectivity index (χ3v) is 2.50. The molecule has 1 saturated heterocycles. The molecule has 2 unspecified atom stereocenters. The van der Waals surface area contributed by atoms with E-state index in [9.17, 15) is 0 Å². The van der Waals surface area contributed by atoms with E-state index in [1.54, 1.807) is 7.11 Å². The van der Waals surface area contributed by atoms with E-state index in [1.807, 2.05) is 6.26 Å². The minimum absolute atomic E-state index is 0.663. The number of methoxy groups -OCH3 is 1. The van der Waals surface area contributed by atoms with Crippen molar-refractivity contribution in [3.8, 4) is 0 Å². The molecule has 1 rings (SSSR count). The van der Waals surface area contributed by atoms with Crippen LogP contribution in [-0.4, -0.2) is 20.2 Å². The maximum absolute atomic E-state index is 5.00. The molecule has 1 aliphatic heterocycles. The standard InChI is InChI=1S/C9H17NO/c1-7-4-10-5-9(6-11-3)8(7)2/h6-8,10H,4-5H2,1-3H3. The SMILES string of the molecule is COC=C1CNCC(C)C1C. The van der Waals surface area contributed by atoms with Crippen LogP contribution in [0.5, 0.6) is 0 Å². The Morgan fingerprint density at radius 3 is 2.91 bits per heavy atom. The molecule has 0 spiro atoms. The normalized spacial score (nSPS) is 35.7. The molecule has 0 saturated carbocycles. The first-order chi connectivity index (χ1) is 5.25. The maximum Gasteiger partial charge on any atom is 0.0832 e. The molecule has 1 heterocycles. The van der Waals surface area contributed by atoms with Gasteiger partial charge in [-0.05, 0) is 24.0 Å². The largest absolute Gasteiger partial charge is 0.504 e. The molecular formula is C9H17NO. The minimum atomic E-state index is 0.663. The van der Waals surface area contributed by atoms with Crippen LogP contribution in [0.25, 0.3) is 0 Å². The van der Waals surface area contributed by atoms with E-state index in [0.29, 0.717) is 5.92 Å². The highest BCUT2D eigenvalue weighted by molar-refractivity contribution is 5.09. The Morgan fingerprint density at radius 1 is 1.55 bits per heavy atom. The topological polar surface area (TPSA) is 21.3 Å². The number of ether oxygens (including phenoxy) is 1. The van der Waals surface area contributed by atoms with Crippen LogP contribution in [0.2, 0.25) is 0 Å². The van der Waals surface area contributed by atoms with Crippen molar-refractivity contribution in [2.24, 2.45) is 11.8 Å². The van der Waals surface area contributed by atoms with Gasteiger partial charge in [-0.2, -0.15) is 0 Å². The molecule has 64 valence electrons. The van der Waals surface area contributed by atoms with Gasteiger partial charge in [0.1, 0.15) is 0 Å². The first-order valence-corrected chi connectivity index (χ1v) is 4.18. The van der Waals surface area contributed by atoms with Gasteiger partial charge < -0.3 is 10.1 Å². The van der Waals surface area contributed by atoms with E-state index in [0.717, 1.165) is 19.0 Å². The molecule has 11 heavy (non-hydrogen) atoms. The van der Waals surface area contributed by atoms with Crippen molar-refractivity contribution in [1.82, 2.24) is 5.32 Å². The summed E-state index contributed by atoms with van der Waals surface area (Å²) < 4.78 is 5.00. The predicted octanol–water partition coefficient (Wildman–Crippen LogP) is 1.39. The van der Waals surface area contributed by atoms with E-state index < -0.39 is 0 Å². The van der Waals surface area contributed by atoms with Crippen molar-refractivity contribution >= 4 is 0 Å². The summed E-state index contributed by atoms with van der Waals surface area (Å²) in [5.74, 6) is 1.39. The van der Waals surface area contributed by atoms with Crippen molar-refractivity contribution in [2.45, 2.75) is 13.8 Å². The zero-order valence-electron chi connectivity index (χ0n) is 7.55. The summed E-state index contributed by atoms with van der Waals surface area (Å²) in [5, 5.41) is 3.35. The second-order valence-electron chi connectivity index (χ2n) is 3.33. The van der Waals surface area contributed by atoms with Crippen molar-refractivity contribution in [3.05, 3.63) is 11.8 Å². The Balaban J connectivity index is 2.58. The third kappa shape index (κ3) is 1.96.